The number of carbonyl (C=O) groups excluding carboxylic acids is 1. The van der Waals surface area contributed by atoms with Crippen molar-refractivity contribution in [3.63, 3.8) is 0 Å². The van der Waals surface area contributed by atoms with Crippen LogP contribution in [0.2, 0.25) is 0 Å². The minimum atomic E-state index is -0.316. The van der Waals surface area contributed by atoms with Crippen LogP contribution in [-0.4, -0.2) is 39.7 Å². The van der Waals surface area contributed by atoms with Gasteiger partial charge in [0, 0.05) is 25.3 Å². The van der Waals surface area contributed by atoms with Crippen LogP contribution in [0.3, 0.4) is 0 Å². The number of nitrogens with one attached hydrogen (secondary N) is 2. The van der Waals surface area contributed by atoms with Crippen LogP contribution in [0.25, 0.3) is 11.0 Å². The van der Waals surface area contributed by atoms with Gasteiger partial charge in [0.1, 0.15) is 11.4 Å². The van der Waals surface area contributed by atoms with E-state index >= 15 is 0 Å². The maximum atomic E-state index is 13.0. The summed E-state index contributed by atoms with van der Waals surface area (Å²) >= 11 is 0. The minimum Gasteiger partial charge on any atom is -0.376 e. The van der Waals surface area contributed by atoms with E-state index in [9.17, 15) is 9.59 Å². The van der Waals surface area contributed by atoms with E-state index in [-0.39, 0.29) is 23.1 Å². The molecule has 0 saturated carbocycles. The normalized spacial score (nSPS) is 16.3. The third-order valence-electron chi connectivity index (χ3n) is 5.66. The fourth-order valence-electron chi connectivity index (χ4n) is 4.09. The van der Waals surface area contributed by atoms with Crippen LogP contribution < -0.4 is 10.9 Å². The highest BCUT2D eigenvalue weighted by atomic mass is 16.5. The van der Waals surface area contributed by atoms with Crippen LogP contribution in [0, 0.1) is 13.8 Å². The summed E-state index contributed by atoms with van der Waals surface area (Å²) in [6.07, 6.45) is 3.47. The number of carbonyl (C=O) groups is 1. The van der Waals surface area contributed by atoms with Crippen LogP contribution >= 0.6 is 0 Å². The molecule has 0 spiro atoms. The smallest absolute Gasteiger partial charge is 0.263 e. The number of nitrogens with zero attached hydrogens (tertiary/aromatic N) is 2. The summed E-state index contributed by atoms with van der Waals surface area (Å²) in [6.45, 7) is 5.43. The molecule has 7 heteroatoms. The van der Waals surface area contributed by atoms with E-state index in [4.69, 9.17) is 4.74 Å². The van der Waals surface area contributed by atoms with Crippen molar-refractivity contribution in [3.05, 3.63) is 63.3 Å². The summed E-state index contributed by atoms with van der Waals surface area (Å²) in [7, 11) is 0. The lowest BCUT2D eigenvalue weighted by Gasteiger charge is -2.17. The molecule has 158 valence electrons. The Morgan fingerprint density at radius 2 is 2.17 bits per heavy atom. The molecule has 1 aliphatic rings. The lowest BCUT2D eigenvalue weighted by Crippen LogP contribution is -2.37. The fraction of sp³-hybridized carbons (Fsp3) is 0.435. The number of para-hydroxylation sites is 2. The Labute approximate surface area is 175 Å². The predicted octanol–water partition coefficient (Wildman–Crippen LogP) is 2.88. The number of hydrogen-bond acceptors (Lipinski definition) is 4. The van der Waals surface area contributed by atoms with Crippen molar-refractivity contribution in [1.82, 2.24) is 19.9 Å². The van der Waals surface area contributed by atoms with Gasteiger partial charge >= 0.3 is 0 Å². The monoisotopic (exact) mass is 408 g/mol. The average molecular weight is 409 g/mol. The van der Waals surface area contributed by atoms with E-state index in [2.05, 4.69) is 15.3 Å². The lowest BCUT2D eigenvalue weighted by atomic mass is 10.1. The van der Waals surface area contributed by atoms with Crippen LogP contribution in [0.4, 0.5) is 0 Å². The van der Waals surface area contributed by atoms with Gasteiger partial charge in [-0.2, -0.15) is 0 Å². The molecule has 2 aromatic heterocycles. The van der Waals surface area contributed by atoms with Crippen molar-refractivity contribution < 1.29 is 9.53 Å². The number of rotatable bonds is 7. The van der Waals surface area contributed by atoms with Gasteiger partial charge < -0.3 is 19.6 Å². The van der Waals surface area contributed by atoms with Crippen molar-refractivity contribution in [1.29, 1.82) is 0 Å². The molecule has 1 aliphatic heterocycles. The van der Waals surface area contributed by atoms with E-state index in [1.807, 2.05) is 44.2 Å². The molecule has 3 aromatic rings. The zero-order valence-corrected chi connectivity index (χ0v) is 17.5. The number of benzene rings is 1. The van der Waals surface area contributed by atoms with Gasteiger partial charge in [0.05, 0.1) is 23.7 Å². The standard InChI is InChI=1S/C23H28N4O3/c1-15-13-16(2)27(14-17-7-6-12-30-17)23(29)21(15)22(28)24-11-5-10-20-25-18-8-3-4-9-19(18)26-20/h3-4,8-9,13,17H,5-7,10-12,14H2,1-2H3,(H,24,28)(H,25,26)/t17-/m1/s1. The SMILES string of the molecule is Cc1cc(C)n(C[C@H]2CCCO2)c(=O)c1C(=O)NCCCc1nc2ccccc2[nH]1. The van der Waals surface area contributed by atoms with Gasteiger partial charge in [-0.3, -0.25) is 9.59 Å². The number of aromatic nitrogens is 3. The molecule has 7 nitrogen and oxygen atoms in total. The number of hydrogen-bond donors (Lipinski definition) is 2. The first-order valence-corrected chi connectivity index (χ1v) is 10.6. The first kappa shape index (κ1) is 20.3. The number of fused-ring (bicyclic) bond motifs is 1. The van der Waals surface area contributed by atoms with Gasteiger partial charge in [-0.15, -0.1) is 0 Å². The molecular formula is C23H28N4O3. The van der Waals surface area contributed by atoms with Crippen LogP contribution in [0.15, 0.2) is 35.1 Å². The fourth-order valence-corrected chi connectivity index (χ4v) is 4.09. The van der Waals surface area contributed by atoms with Gasteiger partial charge in [-0.1, -0.05) is 12.1 Å². The van der Waals surface area contributed by atoms with Crippen molar-refractivity contribution in [2.75, 3.05) is 13.2 Å². The second-order valence-corrected chi connectivity index (χ2v) is 7.95. The topological polar surface area (TPSA) is 89.0 Å². The van der Waals surface area contributed by atoms with Crippen molar-refractivity contribution in [3.8, 4) is 0 Å². The Bertz CT molecular complexity index is 1080. The van der Waals surface area contributed by atoms with Gasteiger partial charge in [-0.05, 0) is 56.9 Å². The quantitative estimate of drug-likeness (QED) is 0.589. The molecule has 1 fully saturated rings. The first-order chi connectivity index (χ1) is 14.5. The molecule has 3 heterocycles. The van der Waals surface area contributed by atoms with E-state index in [1.54, 1.807) is 4.57 Å². The molecule has 1 aromatic carbocycles. The molecular weight excluding hydrogens is 380 g/mol. The van der Waals surface area contributed by atoms with Crippen LogP contribution in [0.1, 0.15) is 46.7 Å². The summed E-state index contributed by atoms with van der Waals surface area (Å²) in [5.41, 5.74) is 3.50. The Hall–Kier alpha value is -2.93. The molecule has 30 heavy (non-hydrogen) atoms. The average Bonchev–Trinajstić information content (AvgIpc) is 3.37. The lowest BCUT2D eigenvalue weighted by molar-refractivity contribution is 0.0927. The molecule has 0 unspecified atom stereocenters. The molecule has 0 radical (unpaired) electrons. The molecule has 0 aliphatic carbocycles. The Morgan fingerprint density at radius 1 is 1.33 bits per heavy atom. The summed E-state index contributed by atoms with van der Waals surface area (Å²) < 4.78 is 7.34. The number of aryl methyl sites for hydroxylation is 3. The van der Waals surface area contributed by atoms with Crippen molar-refractivity contribution in [2.24, 2.45) is 0 Å². The summed E-state index contributed by atoms with van der Waals surface area (Å²) in [4.78, 5) is 33.6. The van der Waals surface area contributed by atoms with Crippen LogP contribution in [-0.2, 0) is 17.7 Å². The molecule has 1 amide bonds. The number of ether oxygens (including phenoxy) is 1. The highest BCUT2D eigenvalue weighted by Crippen LogP contribution is 2.15. The van der Waals surface area contributed by atoms with Gasteiger partial charge in [0.15, 0.2) is 0 Å². The molecule has 2 N–H and O–H groups in total. The number of H-pyrrole nitrogens is 1. The largest absolute Gasteiger partial charge is 0.376 e. The van der Waals surface area contributed by atoms with E-state index in [0.29, 0.717) is 18.7 Å². The zero-order chi connectivity index (χ0) is 21.1. The van der Waals surface area contributed by atoms with Gasteiger partial charge in [0.25, 0.3) is 11.5 Å². The third kappa shape index (κ3) is 4.31. The maximum absolute atomic E-state index is 13.0. The van der Waals surface area contributed by atoms with E-state index in [0.717, 1.165) is 54.8 Å². The second kappa shape index (κ2) is 8.83. The predicted molar refractivity (Wildman–Crippen MR) is 116 cm³/mol. The van der Waals surface area contributed by atoms with Crippen LogP contribution in [0.5, 0.6) is 0 Å². The van der Waals surface area contributed by atoms with Gasteiger partial charge in [-0.25, -0.2) is 4.98 Å². The number of imidazole rings is 1. The van der Waals surface area contributed by atoms with Gasteiger partial charge in [0.2, 0.25) is 0 Å². The molecule has 0 bridgehead atoms. The third-order valence-corrected chi connectivity index (χ3v) is 5.66. The zero-order valence-electron chi connectivity index (χ0n) is 17.5. The molecule has 1 saturated heterocycles. The van der Waals surface area contributed by atoms with E-state index < -0.39 is 0 Å². The highest BCUT2D eigenvalue weighted by molar-refractivity contribution is 5.95. The number of pyridine rings is 1. The number of amides is 1. The Balaban J connectivity index is 1.39. The number of aromatic amines is 1. The Kier molecular flexibility index (Phi) is 5.99. The minimum absolute atomic E-state index is 0.0452. The van der Waals surface area contributed by atoms with Crippen molar-refractivity contribution in [2.45, 2.75) is 52.2 Å². The summed E-state index contributed by atoms with van der Waals surface area (Å²) in [5.74, 6) is 0.582. The second-order valence-electron chi connectivity index (χ2n) is 7.95. The summed E-state index contributed by atoms with van der Waals surface area (Å²) in [6, 6.07) is 9.80. The van der Waals surface area contributed by atoms with Crippen molar-refractivity contribution >= 4 is 16.9 Å². The molecule has 1 atom stereocenters. The highest BCUT2D eigenvalue weighted by Gasteiger charge is 2.21. The Morgan fingerprint density at radius 3 is 2.93 bits per heavy atom. The summed E-state index contributed by atoms with van der Waals surface area (Å²) in [5, 5.41) is 2.90. The molecule has 4 rings (SSSR count). The van der Waals surface area contributed by atoms with E-state index in [1.165, 1.54) is 0 Å². The first-order valence-electron chi connectivity index (χ1n) is 10.6. The maximum Gasteiger partial charge on any atom is 0.263 e.